The van der Waals surface area contributed by atoms with E-state index in [0.29, 0.717) is 56.1 Å². The van der Waals surface area contributed by atoms with Crippen molar-refractivity contribution >= 4 is 31.8 Å². The Morgan fingerprint density at radius 3 is 1.27 bits per heavy atom. The molecule has 9 nitrogen and oxygen atoms in total. The molecule has 0 saturated carbocycles. The van der Waals surface area contributed by atoms with E-state index in [1.165, 1.54) is 60.7 Å². The van der Waals surface area contributed by atoms with Crippen molar-refractivity contribution in [1.29, 1.82) is 0 Å². The Kier molecular flexibility index (Phi) is 10.4. The van der Waals surface area contributed by atoms with Crippen LogP contribution in [-0.2, 0) is 10.0 Å². The van der Waals surface area contributed by atoms with Crippen LogP contribution < -0.4 is 5.14 Å². The van der Waals surface area contributed by atoms with Crippen LogP contribution in [-0.4, -0.2) is 37.9 Å². The summed E-state index contributed by atoms with van der Waals surface area (Å²) >= 11 is 0. The Balaban J connectivity index is 0.000000159. The molecule has 0 radical (unpaired) electrons. The summed E-state index contributed by atoms with van der Waals surface area (Å²) < 4.78 is 80.5. The average molecular weight is 846 g/mol. The number of benzene rings is 6. The second-order valence-corrected chi connectivity index (χ2v) is 15.7. The molecule has 0 aliphatic carbocycles. The van der Waals surface area contributed by atoms with E-state index in [9.17, 15) is 26.0 Å². The number of para-hydroxylation sites is 1. The Bertz CT molecular complexity index is 3360. The van der Waals surface area contributed by atoms with Gasteiger partial charge in [0.2, 0.25) is 10.0 Å². The van der Waals surface area contributed by atoms with Crippen LogP contribution in [0.25, 0.3) is 78.5 Å². The van der Waals surface area contributed by atoms with Crippen LogP contribution in [0.1, 0.15) is 0 Å². The summed E-state index contributed by atoms with van der Waals surface area (Å²) in [5.41, 5.74) is 8.26. The van der Waals surface area contributed by atoms with Crippen LogP contribution in [0.3, 0.4) is 0 Å². The molecule has 0 fully saturated rings. The maximum atomic E-state index is 13.6. The smallest absolute Gasteiger partial charge is 0.238 e. The number of nitrogens with two attached hydrogens (primary N) is 1. The number of aromatic nitrogens is 6. The van der Waals surface area contributed by atoms with Gasteiger partial charge in [-0.15, -0.1) is 0 Å². The molecule has 2 N–H and O–H groups in total. The van der Waals surface area contributed by atoms with Crippen LogP contribution in [0.4, 0.5) is 17.6 Å². The molecule has 6 aromatic carbocycles. The van der Waals surface area contributed by atoms with Crippen molar-refractivity contribution in [1.82, 2.24) is 29.5 Å². The van der Waals surface area contributed by atoms with Crippen molar-refractivity contribution in [3.05, 3.63) is 199 Å². The molecule has 14 heteroatoms. The van der Waals surface area contributed by atoms with E-state index >= 15 is 0 Å². The van der Waals surface area contributed by atoms with Gasteiger partial charge < -0.3 is 0 Å². The third-order valence-electron chi connectivity index (χ3n) is 9.94. The predicted octanol–water partition coefficient (Wildman–Crippen LogP) is 10.7. The van der Waals surface area contributed by atoms with Gasteiger partial charge >= 0.3 is 0 Å². The van der Waals surface area contributed by atoms with Crippen LogP contribution in [0.5, 0.6) is 0 Å². The lowest BCUT2D eigenvalue weighted by Gasteiger charge is -2.09. The first kappa shape index (κ1) is 39.6. The highest BCUT2D eigenvalue weighted by Crippen LogP contribution is 2.31. The zero-order valence-corrected chi connectivity index (χ0v) is 33.1. The van der Waals surface area contributed by atoms with E-state index in [1.807, 2.05) is 53.2 Å². The lowest BCUT2D eigenvalue weighted by molar-refractivity contribution is 0.597. The summed E-state index contributed by atoms with van der Waals surface area (Å²) in [7, 11) is -3.84. The largest absolute Gasteiger partial charge is 0.246 e. The molecule has 0 aliphatic heterocycles. The Morgan fingerprint density at radius 2 is 0.839 bits per heavy atom. The van der Waals surface area contributed by atoms with Gasteiger partial charge in [-0.1, -0.05) is 30.3 Å². The molecule has 0 amide bonds. The van der Waals surface area contributed by atoms with Gasteiger partial charge in [0, 0.05) is 21.9 Å². The molecule has 0 bridgehead atoms. The summed E-state index contributed by atoms with van der Waals surface area (Å²) in [6.07, 6.45) is 0. The van der Waals surface area contributed by atoms with Gasteiger partial charge in [-0.05, 0) is 146 Å². The summed E-state index contributed by atoms with van der Waals surface area (Å²) in [6, 6.07) is 47.7. The van der Waals surface area contributed by atoms with E-state index in [0.717, 1.165) is 22.3 Å². The second kappa shape index (κ2) is 16.3. The van der Waals surface area contributed by atoms with Gasteiger partial charge in [0.05, 0.1) is 61.5 Å². The number of primary sulfonamides is 1. The van der Waals surface area contributed by atoms with Crippen LogP contribution in [0.15, 0.2) is 181 Å². The minimum atomic E-state index is -3.84. The molecule has 0 atom stereocenters. The summed E-state index contributed by atoms with van der Waals surface area (Å²) in [5.74, 6) is -1.30. The van der Waals surface area contributed by atoms with Crippen molar-refractivity contribution in [2.45, 2.75) is 4.90 Å². The molecule has 4 aromatic heterocycles. The van der Waals surface area contributed by atoms with Crippen molar-refractivity contribution in [2.75, 3.05) is 0 Å². The Morgan fingerprint density at radius 1 is 0.419 bits per heavy atom. The highest BCUT2D eigenvalue weighted by Gasteiger charge is 2.18. The quantitative estimate of drug-likeness (QED) is 0.159. The van der Waals surface area contributed by atoms with Crippen LogP contribution >= 0.6 is 0 Å². The standard InChI is InChI=1S/C24H16F2N4O2S.C24H15F2N3/c25-17-4-1-15(2-5-17)23-14-24(22-11-3-16-13-18(26)6-12-21(16)28-22)30(29-23)19-7-9-20(10-8-19)33(27,31)32;25-18-9-6-16(7-10-18)23-15-24(29(28-23)20-4-2-1-3-5-20)22-12-8-17-14-19(26)11-13-21(17)27-22/h1-14H,(H2,27,31,32);1-15H. The third kappa shape index (κ3) is 8.32. The molecule has 62 heavy (non-hydrogen) atoms. The molecular weight excluding hydrogens is 815 g/mol. The molecule has 304 valence electrons. The maximum absolute atomic E-state index is 13.6. The number of sulfonamides is 1. The van der Waals surface area contributed by atoms with Crippen molar-refractivity contribution in [3.8, 4) is 56.7 Å². The second-order valence-electron chi connectivity index (χ2n) is 14.1. The molecule has 10 rings (SSSR count). The number of rotatable bonds is 7. The first-order chi connectivity index (χ1) is 29.9. The minimum absolute atomic E-state index is 0.0235. The molecule has 0 unspecified atom stereocenters. The maximum Gasteiger partial charge on any atom is 0.238 e. The van der Waals surface area contributed by atoms with E-state index in [4.69, 9.17) is 15.2 Å². The fourth-order valence-corrected chi connectivity index (χ4v) is 7.38. The van der Waals surface area contributed by atoms with E-state index in [-0.39, 0.29) is 28.2 Å². The normalized spacial score (nSPS) is 11.4. The van der Waals surface area contributed by atoms with Crippen molar-refractivity contribution < 1.29 is 26.0 Å². The molecule has 0 saturated heterocycles. The summed E-state index contributed by atoms with van der Waals surface area (Å²) in [4.78, 5) is 9.33. The lowest BCUT2D eigenvalue weighted by atomic mass is 10.1. The highest BCUT2D eigenvalue weighted by molar-refractivity contribution is 7.89. The highest BCUT2D eigenvalue weighted by atomic mass is 32.2. The van der Waals surface area contributed by atoms with Gasteiger partial charge in [0.1, 0.15) is 23.3 Å². The monoisotopic (exact) mass is 845 g/mol. The first-order valence-electron chi connectivity index (χ1n) is 19.0. The fourth-order valence-electron chi connectivity index (χ4n) is 6.87. The molecule has 0 aliphatic rings. The van der Waals surface area contributed by atoms with E-state index in [1.54, 1.807) is 71.4 Å². The third-order valence-corrected chi connectivity index (χ3v) is 10.9. The number of hydrogen-bond donors (Lipinski definition) is 1. The topological polar surface area (TPSA) is 122 Å². The first-order valence-corrected chi connectivity index (χ1v) is 20.5. The van der Waals surface area contributed by atoms with Gasteiger partial charge in [-0.3, -0.25) is 0 Å². The molecule has 10 aromatic rings. The van der Waals surface area contributed by atoms with Gasteiger partial charge in [0.15, 0.2) is 0 Å². The summed E-state index contributed by atoms with van der Waals surface area (Å²) in [6.45, 7) is 0. The van der Waals surface area contributed by atoms with Gasteiger partial charge in [0.25, 0.3) is 0 Å². The number of fused-ring (bicyclic) bond motifs is 2. The average Bonchev–Trinajstić information content (AvgIpc) is 3.93. The van der Waals surface area contributed by atoms with Crippen LogP contribution in [0, 0.1) is 23.3 Å². The Labute approximate surface area is 352 Å². The van der Waals surface area contributed by atoms with Gasteiger partial charge in [-0.2, -0.15) is 10.2 Å². The number of hydrogen-bond acceptors (Lipinski definition) is 6. The SMILES string of the molecule is Fc1ccc(-c2cc(-c3ccc4cc(F)ccc4n3)n(-c3ccccc3)n2)cc1.NS(=O)(=O)c1ccc(-n2nc(-c3ccc(F)cc3)cc2-c2ccc3cc(F)ccc3n2)cc1. The summed E-state index contributed by atoms with van der Waals surface area (Å²) in [5, 5.41) is 16.0. The number of pyridine rings is 2. The Hall–Kier alpha value is -7.81. The van der Waals surface area contributed by atoms with Crippen LogP contribution in [0.2, 0.25) is 0 Å². The van der Waals surface area contributed by atoms with Crippen molar-refractivity contribution in [3.63, 3.8) is 0 Å². The molecular formula is C48H31F4N7O2S. The molecule has 4 heterocycles. The molecule has 0 spiro atoms. The van der Waals surface area contributed by atoms with Crippen molar-refractivity contribution in [2.24, 2.45) is 5.14 Å². The van der Waals surface area contributed by atoms with E-state index < -0.39 is 10.0 Å². The van der Waals surface area contributed by atoms with Gasteiger partial charge in [-0.25, -0.2) is 50.4 Å². The predicted molar refractivity (Wildman–Crippen MR) is 231 cm³/mol. The zero-order valence-electron chi connectivity index (χ0n) is 32.2. The number of halogens is 4. The number of nitrogens with zero attached hydrogens (tertiary/aromatic N) is 6. The minimum Gasteiger partial charge on any atom is -0.246 e. The fraction of sp³-hybridized carbons (Fsp3) is 0. The van der Waals surface area contributed by atoms with E-state index in [2.05, 4.69) is 10.1 Å². The lowest BCUT2D eigenvalue weighted by Crippen LogP contribution is -2.12. The zero-order chi connectivity index (χ0) is 43.0.